The standard InChI is InChI=1S/C15H25NS2/c1-11(7-14-6-5-12(2)18-14)16-13-8-15(3,4)10-17-9-13/h5-6,11,13,16H,7-10H2,1-4H3. The molecule has 1 aliphatic heterocycles. The Balaban J connectivity index is 1.82. The normalized spacial score (nSPS) is 25.0. The zero-order valence-corrected chi connectivity index (χ0v) is 13.6. The molecule has 0 bridgehead atoms. The summed E-state index contributed by atoms with van der Waals surface area (Å²) in [7, 11) is 0. The highest BCUT2D eigenvalue weighted by Crippen LogP contribution is 2.33. The molecule has 1 aromatic heterocycles. The number of hydrogen-bond acceptors (Lipinski definition) is 3. The average Bonchev–Trinajstić information content (AvgIpc) is 2.62. The summed E-state index contributed by atoms with van der Waals surface area (Å²) in [5.74, 6) is 2.58. The van der Waals surface area contributed by atoms with Gasteiger partial charge in [-0.25, -0.2) is 0 Å². The fraction of sp³-hybridized carbons (Fsp3) is 0.733. The molecule has 2 unspecified atom stereocenters. The van der Waals surface area contributed by atoms with E-state index in [9.17, 15) is 0 Å². The highest BCUT2D eigenvalue weighted by molar-refractivity contribution is 7.99. The van der Waals surface area contributed by atoms with Crippen LogP contribution in [0.15, 0.2) is 12.1 Å². The Hall–Kier alpha value is 0.01000. The summed E-state index contributed by atoms with van der Waals surface area (Å²) in [5.41, 5.74) is 0.500. The first-order valence-corrected chi connectivity index (χ1v) is 8.81. The van der Waals surface area contributed by atoms with Crippen molar-refractivity contribution in [3.05, 3.63) is 21.9 Å². The monoisotopic (exact) mass is 283 g/mol. The van der Waals surface area contributed by atoms with Crippen molar-refractivity contribution in [1.29, 1.82) is 0 Å². The van der Waals surface area contributed by atoms with Crippen molar-refractivity contribution >= 4 is 23.1 Å². The Morgan fingerprint density at radius 2 is 2.22 bits per heavy atom. The van der Waals surface area contributed by atoms with E-state index < -0.39 is 0 Å². The second-order valence-electron chi connectivity index (χ2n) is 6.36. The summed E-state index contributed by atoms with van der Waals surface area (Å²) in [6, 6.07) is 5.78. The van der Waals surface area contributed by atoms with E-state index in [0.717, 1.165) is 0 Å². The number of rotatable bonds is 4. The van der Waals surface area contributed by atoms with E-state index in [0.29, 0.717) is 17.5 Å². The van der Waals surface area contributed by atoms with Crippen molar-refractivity contribution < 1.29 is 0 Å². The van der Waals surface area contributed by atoms with Crippen molar-refractivity contribution in [3.63, 3.8) is 0 Å². The van der Waals surface area contributed by atoms with Crippen molar-refractivity contribution in [3.8, 4) is 0 Å². The lowest BCUT2D eigenvalue weighted by Gasteiger charge is -2.36. The van der Waals surface area contributed by atoms with Gasteiger partial charge in [-0.1, -0.05) is 13.8 Å². The Morgan fingerprint density at radius 1 is 1.44 bits per heavy atom. The van der Waals surface area contributed by atoms with Crippen molar-refractivity contribution in [2.24, 2.45) is 5.41 Å². The van der Waals surface area contributed by atoms with Gasteiger partial charge < -0.3 is 5.32 Å². The molecule has 1 aromatic rings. The molecule has 102 valence electrons. The fourth-order valence-corrected chi connectivity index (χ4v) is 5.03. The smallest absolute Gasteiger partial charge is 0.0166 e. The third-order valence-electron chi connectivity index (χ3n) is 3.43. The molecule has 2 rings (SSSR count). The van der Waals surface area contributed by atoms with E-state index in [-0.39, 0.29) is 0 Å². The molecule has 1 N–H and O–H groups in total. The molecule has 1 nitrogen and oxygen atoms in total. The third kappa shape index (κ3) is 4.29. The number of thiophene rings is 1. The van der Waals surface area contributed by atoms with Crippen LogP contribution in [0.1, 0.15) is 36.9 Å². The van der Waals surface area contributed by atoms with Gasteiger partial charge in [0.25, 0.3) is 0 Å². The molecular weight excluding hydrogens is 258 g/mol. The van der Waals surface area contributed by atoms with Crippen LogP contribution in [0.3, 0.4) is 0 Å². The molecule has 1 aliphatic rings. The first-order chi connectivity index (χ1) is 8.44. The van der Waals surface area contributed by atoms with Gasteiger partial charge in [0.1, 0.15) is 0 Å². The molecule has 1 saturated heterocycles. The Kier molecular flexibility index (Phi) is 4.79. The predicted octanol–water partition coefficient (Wildman–Crippen LogP) is 4.11. The van der Waals surface area contributed by atoms with Gasteiger partial charge in [-0.3, -0.25) is 0 Å². The number of aryl methyl sites for hydroxylation is 1. The Bertz CT molecular complexity index is 384. The van der Waals surface area contributed by atoms with Gasteiger partial charge in [0.05, 0.1) is 0 Å². The van der Waals surface area contributed by atoms with Gasteiger partial charge in [-0.05, 0) is 50.0 Å². The maximum absolute atomic E-state index is 3.82. The van der Waals surface area contributed by atoms with Crippen LogP contribution in [0, 0.1) is 12.3 Å². The molecule has 0 saturated carbocycles. The topological polar surface area (TPSA) is 12.0 Å². The fourth-order valence-electron chi connectivity index (χ4n) is 2.73. The highest BCUT2D eigenvalue weighted by Gasteiger charge is 2.28. The van der Waals surface area contributed by atoms with E-state index in [1.165, 1.54) is 34.1 Å². The molecule has 3 heteroatoms. The lowest BCUT2D eigenvalue weighted by Crippen LogP contribution is -2.44. The minimum atomic E-state index is 0.500. The second-order valence-corrected chi connectivity index (χ2v) is 8.77. The summed E-state index contributed by atoms with van der Waals surface area (Å²) < 4.78 is 0. The molecule has 0 amide bonds. The minimum Gasteiger partial charge on any atom is -0.310 e. The van der Waals surface area contributed by atoms with E-state index in [1.807, 2.05) is 11.3 Å². The quantitative estimate of drug-likeness (QED) is 0.892. The van der Waals surface area contributed by atoms with Gasteiger partial charge in [-0.2, -0.15) is 11.8 Å². The Morgan fingerprint density at radius 3 is 2.83 bits per heavy atom. The molecule has 0 radical (unpaired) electrons. The van der Waals surface area contributed by atoms with E-state index in [2.05, 4.69) is 56.9 Å². The van der Waals surface area contributed by atoms with Crippen molar-refractivity contribution in [2.75, 3.05) is 11.5 Å². The zero-order valence-electron chi connectivity index (χ0n) is 12.0. The van der Waals surface area contributed by atoms with Crippen LogP contribution in [-0.2, 0) is 6.42 Å². The molecule has 1 fully saturated rings. The first kappa shape index (κ1) is 14.4. The van der Waals surface area contributed by atoms with E-state index in [1.54, 1.807) is 0 Å². The van der Waals surface area contributed by atoms with Crippen LogP contribution in [0.2, 0.25) is 0 Å². The molecule has 18 heavy (non-hydrogen) atoms. The summed E-state index contributed by atoms with van der Waals surface area (Å²) >= 11 is 4.04. The van der Waals surface area contributed by atoms with Crippen molar-refractivity contribution in [2.45, 2.75) is 52.6 Å². The maximum Gasteiger partial charge on any atom is 0.0166 e. The Labute approximate surface area is 120 Å². The summed E-state index contributed by atoms with van der Waals surface area (Å²) in [6.07, 6.45) is 2.48. The second kappa shape index (κ2) is 5.98. The maximum atomic E-state index is 3.82. The average molecular weight is 284 g/mol. The molecule has 2 heterocycles. The number of hydrogen-bond donors (Lipinski definition) is 1. The number of thioether (sulfide) groups is 1. The van der Waals surface area contributed by atoms with Gasteiger partial charge in [-0.15, -0.1) is 11.3 Å². The van der Waals surface area contributed by atoms with E-state index >= 15 is 0 Å². The lowest BCUT2D eigenvalue weighted by atomic mass is 9.87. The third-order valence-corrected chi connectivity index (χ3v) is 6.08. The van der Waals surface area contributed by atoms with Crippen molar-refractivity contribution in [1.82, 2.24) is 5.32 Å². The van der Waals surface area contributed by atoms with Gasteiger partial charge in [0.2, 0.25) is 0 Å². The van der Waals surface area contributed by atoms with Gasteiger partial charge in [0, 0.05) is 27.6 Å². The van der Waals surface area contributed by atoms with Crippen LogP contribution in [0.4, 0.5) is 0 Å². The molecule has 0 aliphatic carbocycles. The molecular formula is C15H25NS2. The minimum absolute atomic E-state index is 0.500. The first-order valence-electron chi connectivity index (χ1n) is 6.84. The van der Waals surface area contributed by atoms with Crippen LogP contribution in [0.5, 0.6) is 0 Å². The van der Waals surface area contributed by atoms with Crippen LogP contribution in [0.25, 0.3) is 0 Å². The molecule has 0 aromatic carbocycles. The van der Waals surface area contributed by atoms with Gasteiger partial charge in [0.15, 0.2) is 0 Å². The van der Waals surface area contributed by atoms with Crippen LogP contribution in [-0.4, -0.2) is 23.6 Å². The summed E-state index contributed by atoms with van der Waals surface area (Å²) in [6.45, 7) is 9.29. The van der Waals surface area contributed by atoms with Crippen LogP contribution >= 0.6 is 23.1 Å². The number of nitrogens with one attached hydrogen (secondary N) is 1. The highest BCUT2D eigenvalue weighted by atomic mass is 32.2. The zero-order chi connectivity index (χ0) is 13.2. The predicted molar refractivity (Wildman–Crippen MR) is 84.9 cm³/mol. The van der Waals surface area contributed by atoms with Crippen LogP contribution < -0.4 is 5.32 Å². The lowest BCUT2D eigenvalue weighted by molar-refractivity contribution is 0.303. The molecule has 0 spiro atoms. The SMILES string of the molecule is Cc1ccc(CC(C)NC2CSCC(C)(C)C2)s1. The largest absolute Gasteiger partial charge is 0.310 e. The summed E-state index contributed by atoms with van der Waals surface area (Å²) in [5, 5.41) is 3.82. The van der Waals surface area contributed by atoms with Gasteiger partial charge >= 0.3 is 0 Å². The van der Waals surface area contributed by atoms with E-state index in [4.69, 9.17) is 0 Å². The summed E-state index contributed by atoms with van der Waals surface area (Å²) in [4.78, 5) is 2.93. The molecule has 2 atom stereocenters.